The normalized spacial score (nSPS) is 15.0. The summed E-state index contributed by atoms with van der Waals surface area (Å²) in [6.45, 7) is 2.02. The number of methoxy groups -OCH3 is 2. The standard InChI is InChI=1S/C25H23Cl2N5O4/c1-34-18-14-19(35-2)22(27)20(21(18)26)17-9-8-16-23(28-17)29-30-24(16)32(10-12-36-13-11-32)31-25(33)15-6-4-3-5-7-15/h3-9,14H,10-13H2,1-2H3,(H-,28,29,30,31,33)/p+1. The molecule has 0 unspecified atom stereocenters. The molecule has 1 aliphatic heterocycles. The molecule has 3 heterocycles. The van der Waals surface area contributed by atoms with Crippen LogP contribution in [0.15, 0.2) is 48.5 Å². The van der Waals surface area contributed by atoms with E-state index in [1.165, 1.54) is 14.2 Å². The van der Waals surface area contributed by atoms with Gasteiger partial charge in [0.1, 0.15) is 30.0 Å². The molecule has 1 saturated heterocycles. The molecule has 1 fully saturated rings. The van der Waals surface area contributed by atoms with E-state index in [-0.39, 0.29) is 10.5 Å². The molecule has 11 heteroatoms. The fraction of sp³-hybridized carbons (Fsp3) is 0.240. The van der Waals surface area contributed by atoms with E-state index < -0.39 is 0 Å². The number of quaternary nitrogens is 1. The Balaban J connectivity index is 1.58. The molecule has 2 aromatic heterocycles. The SMILES string of the molecule is COc1cc(OC)c(Cl)c(-c2ccc3c([N+]4(NC(=O)c5ccccc5)CCOCC4)[nH]nc3n2)c1Cl. The van der Waals surface area contributed by atoms with Gasteiger partial charge in [0.2, 0.25) is 0 Å². The van der Waals surface area contributed by atoms with Crippen LogP contribution in [0.2, 0.25) is 10.0 Å². The van der Waals surface area contributed by atoms with Gasteiger partial charge >= 0.3 is 0 Å². The van der Waals surface area contributed by atoms with Crippen LogP contribution in [0, 0.1) is 0 Å². The van der Waals surface area contributed by atoms with Gasteiger partial charge in [-0.05, 0) is 24.3 Å². The van der Waals surface area contributed by atoms with E-state index in [4.69, 9.17) is 42.4 Å². The summed E-state index contributed by atoms with van der Waals surface area (Å²) in [4.78, 5) is 17.8. The van der Waals surface area contributed by atoms with E-state index in [1.54, 1.807) is 18.2 Å². The zero-order chi connectivity index (χ0) is 25.3. The third-order valence-corrected chi connectivity index (χ3v) is 6.99. The lowest BCUT2D eigenvalue weighted by Crippen LogP contribution is -2.66. The van der Waals surface area contributed by atoms with Crippen LogP contribution in [0.1, 0.15) is 10.4 Å². The van der Waals surface area contributed by atoms with Crippen molar-refractivity contribution in [1.29, 1.82) is 0 Å². The van der Waals surface area contributed by atoms with Crippen molar-refractivity contribution in [3.8, 4) is 22.8 Å². The number of pyridine rings is 1. The highest BCUT2D eigenvalue weighted by Gasteiger charge is 2.39. The summed E-state index contributed by atoms with van der Waals surface area (Å²) in [5, 5.41) is 8.96. The first kappa shape index (κ1) is 24.3. The summed E-state index contributed by atoms with van der Waals surface area (Å²) in [5.41, 5.74) is 5.20. The van der Waals surface area contributed by atoms with Gasteiger partial charge in [-0.1, -0.05) is 41.4 Å². The Labute approximate surface area is 217 Å². The highest BCUT2D eigenvalue weighted by molar-refractivity contribution is 6.41. The van der Waals surface area contributed by atoms with Gasteiger partial charge in [0, 0.05) is 17.2 Å². The van der Waals surface area contributed by atoms with Gasteiger partial charge in [-0.25, -0.2) is 10.1 Å². The fourth-order valence-electron chi connectivity index (χ4n) is 4.35. The molecule has 186 valence electrons. The number of hydrogen-bond acceptors (Lipinski definition) is 6. The van der Waals surface area contributed by atoms with Crippen molar-refractivity contribution in [2.75, 3.05) is 40.5 Å². The van der Waals surface area contributed by atoms with Crippen LogP contribution in [-0.2, 0) is 4.74 Å². The van der Waals surface area contributed by atoms with Gasteiger partial charge in [-0.15, -0.1) is 5.10 Å². The number of fused-ring (bicyclic) bond motifs is 1. The van der Waals surface area contributed by atoms with Crippen molar-refractivity contribution in [3.63, 3.8) is 0 Å². The highest BCUT2D eigenvalue weighted by atomic mass is 35.5. The number of aromatic nitrogens is 3. The number of benzene rings is 2. The lowest BCUT2D eigenvalue weighted by atomic mass is 10.1. The number of carbonyl (C=O) groups is 1. The highest BCUT2D eigenvalue weighted by Crippen LogP contribution is 2.45. The van der Waals surface area contributed by atoms with E-state index in [0.717, 1.165) is 11.2 Å². The molecular formula is C25H24Cl2N5O4+. The Bertz CT molecular complexity index is 1390. The second-order valence-corrected chi connectivity index (χ2v) is 9.01. The number of rotatable bonds is 6. The van der Waals surface area contributed by atoms with Crippen LogP contribution in [-0.4, -0.2) is 61.6 Å². The van der Waals surface area contributed by atoms with Crippen LogP contribution in [0.5, 0.6) is 11.5 Å². The maximum atomic E-state index is 13.1. The minimum Gasteiger partial charge on any atom is -0.495 e. The molecule has 1 aliphatic rings. The van der Waals surface area contributed by atoms with Crippen molar-refractivity contribution in [2.24, 2.45) is 0 Å². The summed E-state index contributed by atoms with van der Waals surface area (Å²) in [5.74, 6) is 1.36. The molecule has 0 radical (unpaired) electrons. The molecule has 0 bridgehead atoms. The Morgan fingerprint density at radius 3 is 2.33 bits per heavy atom. The number of ether oxygens (including phenoxy) is 3. The van der Waals surface area contributed by atoms with E-state index >= 15 is 0 Å². The number of hydrogen-bond donors (Lipinski definition) is 2. The molecular weight excluding hydrogens is 505 g/mol. The third kappa shape index (κ3) is 4.24. The zero-order valence-electron chi connectivity index (χ0n) is 19.7. The van der Waals surface area contributed by atoms with E-state index in [9.17, 15) is 4.79 Å². The number of halogens is 2. The van der Waals surface area contributed by atoms with Gasteiger partial charge in [-0.2, -0.15) is 10.0 Å². The second-order valence-electron chi connectivity index (χ2n) is 8.26. The average molecular weight is 529 g/mol. The van der Waals surface area contributed by atoms with Crippen molar-refractivity contribution < 1.29 is 19.0 Å². The maximum absolute atomic E-state index is 13.1. The van der Waals surface area contributed by atoms with Crippen molar-refractivity contribution in [2.45, 2.75) is 0 Å². The third-order valence-electron chi connectivity index (χ3n) is 6.24. The molecule has 0 aliphatic carbocycles. The summed E-state index contributed by atoms with van der Waals surface area (Å²) in [6.07, 6.45) is 0. The summed E-state index contributed by atoms with van der Waals surface area (Å²) in [7, 11) is 3.04. The molecule has 4 aromatic rings. The zero-order valence-corrected chi connectivity index (χ0v) is 21.2. The summed E-state index contributed by atoms with van der Waals surface area (Å²) in [6, 6.07) is 14.4. The number of amides is 1. The van der Waals surface area contributed by atoms with Crippen molar-refractivity contribution >= 4 is 46.0 Å². The Hall–Kier alpha value is -3.37. The molecule has 0 spiro atoms. The topological polar surface area (TPSA) is 98.4 Å². The number of aromatic amines is 1. The molecule has 2 aromatic carbocycles. The molecule has 1 amide bonds. The van der Waals surface area contributed by atoms with E-state index in [1.807, 2.05) is 30.3 Å². The maximum Gasteiger partial charge on any atom is 0.296 e. The lowest BCUT2D eigenvalue weighted by molar-refractivity contribution is 0.0149. The van der Waals surface area contributed by atoms with E-state index in [0.29, 0.717) is 70.3 Å². The molecule has 2 N–H and O–H groups in total. The first-order valence-electron chi connectivity index (χ1n) is 11.3. The fourth-order valence-corrected chi connectivity index (χ4v) is 5.05. The van der Waals surface area contributed by atoms with Gasteiger partial charge in [0.05, 0.1) is 43.2 Å². The van der Waals surface area contributed by atoms with Crippen LogP contribution in [0.25, 0.3) is 22.3 Å². The monoisotopic (exact) mass is 528 g/mol. The first-order valence-corrected chi connectivity index (χ1v) is 12.0. The average Bonchev–Trinajstić information content (AvgIpc) is 3.34. The van der Waals surface area contributed by atoms with Crippen LogP contribution in [0.3, 0.4) is 0 Å². The second kappa shape index (κ2) is 9.94. The summed E-state index contributed by atoms with van der Waals surface area (Å²) >= 11 is 13.2. The largest absolute Gasteiger partial charge is 0.495 e. The number of nitrogens with one attached hydrogen (secondary N) is 2. The predicted molar refractivity (Wildman–Crippen MR) is 139 cm³/mol. The number of nitrogens with zero attached hydrogens (tertiary/aromatic N) is 3. The Morgan fingerprint density at radius 2 is 1.69 bits per heavy atom. The smallest absolute Gasteiger partial charge is 0.296 e. The Morgan fingerprint density at radius 1 is 1.03 bits per heavy atom. The summed E-state index contributed by atoms with van der Waals surface area (Å²) < 4.78 is 16.5. The predicted octanol–water partition coefficient (Wildman–Crippen LogP) is 4.63. The molecule has 5 rings (SSSR count). The minimum atomic E-state index is -0.188. The van der Waals surface area contributed by atoms with Crippen LogP contribution in [0.4, 0.5) is 5.82 Å². The van der Waals surface area contributed by atoms with E-state index in [2.05, 4.69) is 15.6 Å². The molecule has 0 saturated carbocycles. The molecule has 9 nitrogen and oxygen atoms in total. The number of carbonyl (C=O) groups excluding carboxylic acids is 1. The van der Waals surface area contributed by atoms with Gasteiger partial charge in [-0.3, -0.25) is 4.79 Å². The Kier molecular flexibility index (Phi) is 6.72. The molecule has 0 atom stereocenters. The molecule has 36 heavy (non-hydrogen) atoms. The van der Waals surface area contributed by atoms with Crippen molar-refractivity contribution in [1.82, 2.24) is 25.2 Å². The van der Waals surface area contributed by atoms with Crippen LogP contribution >= 0.6 is 23.2 Å². The van der Waals surface area contributed by atoms with Crippen LogP contribution < -0.4 is 19.5 Å². The van der Waals surface area contributed by atoms with Gasteiger partial charge in [0.25, 0.3) is 11.7 Å². The van der Waals surface area contributed by atoms with Crippen molar-refractivity contribution in [3.05, 3.63) is 64.1 Å². The van der Waals surface area contributed by atoms with Gasteiger partial charge < -0.3 is 14.2 Å². The quantitative estimate of drug-likeness (QED) is 0.354. The number of H-pyrrole nitrogens is 1. The first-order chi connectivity index (χ1) is 17.5. The minimum absolute atomic E-state index is 0.153. The van der Waals surface area contributed by atoms with Gasteiger partial charge in [0.15, 0.2) is 5.65 Å². The lowest BCUT2D eigenvalue weighted by Gasteiger charge is -2.38. The number of morpholine rings is 1.